The van der Waals surface area contributed by atoms with Gasteiger partial charge in [0.2, 0.25) is 0 Å². The smallest absolute Gasteiger partial charge is 0.282 e. The third kappa shape index (κ3) is 9.43. The van der Waals surface area contributed by atoms with E-state index in [2.05, 4.69) is 35.0 Å². The van der Waals surface area contributed by atoms with Crippen LogP contribution in [0.25, 0.3) is 0 Å². The summed E-state index contributed by atoms with van der Waals surface area (Å²) >= 11 is 3.49. The van der Waals surface area contributed by atoms with Crippen LogP contribution in [0.3, 0.4) is 0 Å². The molecule has 3 aliphatic heterocycles. The molecule has 0 saturated carbocycles. The van der Waals surface area contributed by atoms with Crippen molar-refractivity contribution in [3.63, 3.8) is 0 Å². The summed E-state index contributed by atoms with van der Waals surface area (Å²) in [6.07, 6.45) is 22.7. The number of hydrogen-bond acceptors (Lipinski definition) is 3. The summed E-state index contributed by atoms with van der Waals surface area (Å²) in [4.78, 5) is 0. The maximum absolute atomic E-state index is 5.84. The van der Waals surface area contributed by atoms with E-state index in [1.165, 1.54) is 77.0 Å². The average molecular weight is 445 g/mol. The van der Waals surface area contributed by atoms with Crippen molar-refractivity contribution < 1.29 is 14.2 Å². The van der Waals surface area contributed by atoms with Gasteiger partial charge < -0.3 is 14.2 Å². The molecule has 3 saturated heterocycles. The van der Waals surface area contributed by atoms with Gasteiger partial charge in [-0.15, -0.1) is 0 Å². The monoisotopic (exact) mass is 444 g/mol. The Morgan fingerprint density at radius 3 is 1.63 bits per heavy atom. The van der Waals surface area contributed by atoms with Gasteiger partial charge in [-0.2, -0.15) is 0 Å². The van der Waals surface area contributed by atoms with Crippen LogP contribution in [0.15, 0.2) is 12.2 Å². The summed E-state index contributed by atoms with van der Waals surface area (Å²) < 4.78 is 17.5. The topological polar surface area (TPSA) is 27.7 Å². The van der Waals surface area contributed by atoms with E-state index in [-0.39, 0.29) is 5.41 Å². The molecular formula is C23H41BrO3. The number of hydrogen-bond donors (Lipinski definition) is 0. The first kappa shape index (κ1) is 23.4. The highest BCUT2D eigenvalue weighted by atomic mass is 79.9. The summed E-state index contributed by atoms with van der Waals surface area (Å²) in [7, 11) is 0. The van der Waals surface area contributed by atoms with E-state index >= 15 is 0 Å². The summed E-state index contributed by atoms with van der Waals surface area (Å²) in [6.45, 7) is 4.49. The second-order valence-corrected chi connectivity index (χ2v) is 9.53. The lowest BCUT2D eigenvalue weighted by molar-refractivity contribution is -0.467. The molecule has 0 spiro atoms. The zero-order chi connectivity index (χ0) is 19.3. The molecule has 0 aromatic heterocycles. The molecule has 4 heteroatoms. The Morgan fingerprint density at radius 1 is 0.667 bits per heavy atom. The van der Waals surface area contributed by atoms with E-state index in [4.69, 9.17) is 14.2 Å². The Hall–Kier alpha value is 0.1000. The van der Waals surface area contributed by atoms with E-state index in [1.807, 2.05) is 0 Å². The first-order valence-corrected chi connectivity index (χ1v) is 12.4. The summed E-state index contributed by atoms with van der Waals surface area (Å²) in [5, 5.41) is 1.16. The Labute approximate surface area is 175 Å². The third-order valence-corrected chi connectivity index (χ3v) is 6.26. The van der Waals surface area contributed by atoms with Gasteiger partial charge in [0.05, 0.1) is 19.8 Å². The SMILES string of the molecule is CC12COC(CCCCCCCC=CCCCCCCCCBr)(OC1)OC2. The van der Waals surface area contributed by atoms with Gasteiger partial charge in [0, 0.05) is 17.2 Å². The van der Waals surface area contributed by atoms with Crippen LogP contribution in [0.4, 0.5) is 0 Å². The molecule has 0 aromatic rings. The zero-order valence-corrected chi connectivity index (χ0v) is 19.1. The van der Waals surface area contributed by atoms with Crippen LogP contribution in [0.1, 0.15) is 96.8 Å². The number of unbranched alkanes of at least 4 members (excludes halogenated alkanes) is 11. The van der Waals surface area contributed by atoms with E-state index in [1.54, 1.807) is 0 Å². The van der Waals surface area contributed by atoms with Gasteiger partial charge in [0.1, 0.15) is 0 Å². The van der Waals surface area contributed by atoms with Gasteiger partial charge >= 0.3 is 0 Å². The van der Waals surface area contributed by atoms with Gasteiger partial charge in [-0.05, 0) is 38.5 Å². The highest BCUT2D eigenvalue weighted by Gasteiger charge is 2.49. The highest BCUT2D eigenvalue weighted by molar-refractivity contribution is 9.09. The minimum absolute atomic E-state index is 0.0718. The van der Waals surface area contributed by atoms with Crippen molar-refractivity contribution in [2.75, 3.05) is 25.2 Å². The van der Waals surface area contributed by atoms with Gasteiger partial charge in [0.15, 0.2) is 0 Å². The normalized spacial score (nSPS) is 27.6. The van der Waals surface area contributed by atoms with Crippen molar-refractivity contribution >= 4 is 15.9 Å². The highest BCUT2D eigenvalue weighted by Crippen LogP contribution is 2.40. The van der Waals surface area contributed by atoms with Gasteiger partial charge in [-0.3, -0.25) is 0 Å². The predicted molar refractivity (Wildman–Crippen MR) is 116 cm³/mol. The van der Waals surface area contributed by atoms with Crippen LogP contribution in [-0.2, 0) is 14.2 Å². The lowest BCUT2D eigenvalue weighted by Gasteiger charge is -2.50. The van der Waals surface area contributed by atoms with Crippen molar-refractivity contribution in [1.29, 1.82) is 0 Å². The molecule has 0 amide bonds. The summed E-state index contributed by atoms with van der Waals surface area (Å²) in [5.41, 5.74) is 0.0718. The van der Waals surface area contributed by atoms with Crippen molar-refractivity contribution in [2.24, 2.45) is 5.41 Å². The van der Waals surface area contributed by atoms with Gasteiger partial charge in [-0.25, -0.2) is 0 Å². The van der Waals surface area contributed by atoms with E-state index < -0.39 is 5.97 Å². The van der Waals surface area contributed by atoms with Crippen LogP contribution in [0, 0.1) is 5.41 Å². The van der Waals surface area contributed by atoms with Crippen molar-refractivity contribution in [1.82, 2.24) is 0 Å². The minimum atomic E-state index is -0.714. The number of halogens is 1. The van der Waals surface area contributed by atoms with E-state index in [0.717, 1.165) is 38.0 Å². The molecule has 0 aromatic carbocycles. The molecule has 3 heterocycles. The predicted octanol–water partition coefficient (Wildman–Crippen LogP) is 7.14. The Kier molecular flexibility index (Phi) is 11.6. The fraction of sp³-hybridized carbons (Fsp3) is 0.913. The summed E-state index contributed by atoms with van der Waals surface area (Å²) in [6, 6.07) is 0. The van der Waals surface area contributed by atoms with Crippen LogP contribution in [0.2, 0.25) is 0 Å². The lowest BCUT2D eigenvalue weighted by atomic mass is 9.91. The van der Waals surface area contributed by atoms with Gasteiger partial charge in [0.25, 0.3) is 5.97 Å². The molecular weight excluding hydrogens is 404 g/mol. The molecule has 0 N–H and O–H groups in total. The molecule has 3 nitrogen and oxygen atoms in total. The maximum atomic E-state index is 5.84. The van der Waals surface area contributed by atoms with Crippen LogP contribution >= 0.6 is 15.9 Å². The average Bonchev–Trinajstić information content (AvgIpc) is 2.69. The Morgan fingerprint density at radius 2 is 1.11 bits per heavy atom. The molecule has 0 aliphatic carbocycles. The molecule has 0 unspecified atom stereocenters. The Balaban J connectivity index is 1.33. The summed E-state index contributed by atoms with van der Waals surface area (Å²) in [5.74, 6) is -0.714. The molecule has 2 bridgehead atoms. The third-order valence-electron chi connectivity index (χ3n) is 5.70. The van der Waals surface area contributed by atoms with Crippen molar-refractivity contribution in [3.05, 3.63) is 12.2 Å². The molecule has 3 fully saturated rings. The fourth-order valence-corrected chi connectivity index (χ4v) is 4.15. The molecule has 158 valence electrons. The number of rotatable bonds is 16. The quantitative estimate of drug-likeness (QED) is 0.144. The van der Waals surface area contributed by atoms with Crippen LogP contribution in [-0.4, -0.2) is 31.1 Å². The lowest BCUT2D eigenvalue weighted by Crippen LogP contribution is -2.58. The number of allylic oxidation sites excluding steroid dienone is 2. The van der Waals surface area contributed by atoms with E-state index in [9.17, 15) is 0 Å². The second kappa shape index (κ2) is 13.3. The van der Waals surface area contributed by atoms with Crippen molar-refractivity contribution in [3.8, 4) is 0 Å². The van der Waals surface area contributed by atoms with Gasteiger partial charge in [-0.1, -0.05) is 80.0 Å². The molecule has 0 atom stereocenters. The first-order valence-electron chi connectivity index (χ1n) is 11.3. The maximum Gasteiger partial charge on any atom is 0.282 e. The fourth-order valence-electron chi connectivity index (χ4n) is 3.75. The molecule has 3 aliphatic rings. The number of ether oxygens (including phenoxy) is 3. The number of alkyl halides is 1. The first-order chi connectivity index (χ1) is 13.2. The molecule has 27 heavy (non-hydrogen) atoms. The Bertz CT molecular complexity index is 386. The van der Waals surface area contributed by atoms with Crippen LogP contribution < -0.4 is 0 Å². The largest absolute Gasteiger partial charge is 0.327 e. The molecule has 0 radical (unpaired) electrons. The van der Waals surface area contributed by atoms with E-state index in [0.29, 0.717) is 0 Å². The number of fused-ring (bicyclic) bond motifs is 3. The van der Waals surface area contributed by atoms with Crippen LogP contribution in [0.5, 0.6) is 0 Å². The standard InChI is InChI=1S/C23H41BrO3/c1-22-19-25-23(26-20-22,27-21-22)17-15-13-11-9-7-5-3-2-4-6-8-10-12-14-16-18-24/h2-3H,4-21H2,1H3. The van der Waals surface area contributed by atoms with Crippen molar-refractivity contribution in [2.45, 2.75) is 103 Å². The molecule has 3 rings (SSSR count). The second-order valence-electron chi connectivity index (χ2n) is 8.74. The minimum Gasteiger partial charge on any atom is -0.327 e. The zero-order valence-electron chi connectivity index (χ0n) is 17.5.